The number of fused-ring (bicyclic) bond motifs is 9. The van der Waals surface area contributed by atoms with Crippen LogP contribution in [0.25, 0.3) is 77.3 Å². The largest absolute Gasteiger partial charge is 0.456 e. The number of rotatable bonds is 2. The van der Waals surface area contributed by atoms with Crippen molar-refractivity contribution in [2.75, 3.05) is 0 Å². The van der Waals surface area contributed by atoms with Crippen molar-refractivity contribution in [2.45, 2.75) is 13.2 Å². The normalized spacial score (nSPS) is 13.1. The van der Waals surface area contributed by atoms with Crippen LogP contribution in [0.15, 0.2) is 130 Å². The van der Waals surface area contributed by atoms with Crippen LogP contribution in [0.2, 0.25) is 0 Å². The highest BCUT2D eigenvalue weighted by Crippen LogP contribution is 2.41. The predicted octanol–water partition coefficient (Wildman–Crippen LogP) is 10.5. The van der Waals surface area contributed by atoms with Crippen LogP contribution in [0.1, 0.15) is 11.1 Å². The molecule has 0 amide bonds. The van der Waals surface area contributed by atoms with Gasteiger partial charge in [0.1, 0.15) is 22.3 Å². The third kappa shape index (κ3) is 3.49. The first kappa shape index (κ1) is 22.7. The predicted molar refractivity (Wildman–Crippen MR) is 166 cm³/mol. The van der Waals surface area contributed by atoms with Gasteiger partial charge in [-0.25, -0.2) is 0 Å². The summed E-state index contributed by atoms with van der Waals surface area (Å²) in [5.41, 5.74) is 13.0. The SMILES string of the molecule is c1ccc2c(c1)oc1cc(-c3ccc4c(c3)COCc3ccc(-c5cccc6c5oc5ccccc56)cc3-4)ccc12. The topological polar surface area (TPSA) is 35.5 Å². The molecule has 3 heteroatoms. The Bertz CT molecular complexity index is 2300. The lowest BCUT2D eigenvalue weighted by Crippen LogP contribution is -1.91. The van der Waals surface area contributed by atoms with E-state index in [1.54, 1.807) is 0 Å². The summed E-state index contributed by atoms with van der Waals surface area (Å²) >= 11 is 0. The van der Waals surface area contributed by atoms with Crippen molar-refractivity contribution >= 4 is 43.9 Å². The van der Waals surface area contributed by atoms with Crippen LogP contribution < -0.4 is 0 Å². The molecule has 9 rings (SSSR count). The van der Waals surface area contributed by atoms with E-state index in [-0.39, 0.29) is 0 Å². The Morgan fingerprint density at radius 3 is 1.98 bits per heavy atom. The van der Waals surface area contributed by atoms with Crippen molar-refractivity contribution in [3.63, 3.8) is 0 Å². The fraction of sp³-hybridized carbons (Fsp3) is 0.0526. The van der Waals surface area contributed by atoms with Gasteiger partial charge in [0.25, 0.3) is 0 Å². The summed E-state index contributed by atoms with van der Waals surface area (Å²) < 4.78 is 18.7. The van der Waals surface area contributed by atoms with Gasteiger partial charge in [-0.05, 0) is 75.3 Å². The second-order valence-electron chi connectivity index (χ2n) is 10.8. The zero-order chi connectivity index (χ0) is 26.9. The molecular formula is C38H24O3. The third-order valence-electron chi connectivity index (χ3n) is 8.45. The van der Waals surface area contributed by atoms with Crippen LogP contribution in [0.4, 0.5) is 0 Å². The number of para-hydroxylation sites is 3. The molecule has 3 heterocycles. The molecule has 0 radical (unpaired) electrons. The Kier molecular flexibility index (Phi) is 4.80. The Morgan fingerprint density at radius 1 is 0.390 bits per heavy atom. The molecule has 1 aliphatic heterocycles. The van der Waals surface area contributed by atoms with Gasteiger partial charge in [0.05, 0.1) is 13.2 Å². The van der Waals surface area contributed by atoms with Crippen molar-refractivity contribution < 1.29 is 13.6 Å². The van der Waals surface area contributed by atoms with Crippen LogP contribution >= 0.6 is 0 Å². The fourth-order valence-corrected chi connectivity index (χ4v) is 6.43. The Labute approximate surface area is 236 Å². The van der Waals surface area contributed by atoms with Gasteiger partial charge in [-0.1, -0.05) is 84.9 Å². The quantitative estimate of drug-likeness (QED) is 0.224. The average Bonchev–Trinajstić information content (AvgIpc) is 3.53. The third-order valence-corrected chi connectivity index (χ3v) is 8.45. The Morgan fingerprint density at radius 2 is 1.07 bits per heavy atom. The molecular weight excluding hydrogens is 504 g/mol. The van der Waals surface area contributed by atoms with Gasteiger partial charge in [-0.2, -0.15) is 0 Å². The molecule has 3 nitrogen and oxygen atoms in total. The number of hydrogen-bond acceptors (Lipinski definition) is 3. The smallest absolute Gasteiger partial charge is 0.143 e. The molecule has 0 saturated carbocycles. The Hall–Kier alpha value is -5.12. The first-order valence-electron chi connectivity index (χ1n) is 14.0. The molecule has 1 aliphatic rings. The van der Waals surface area contributed by atoms with Gasteiger partial charge in [0.15, 0.2) is 0 Å². The van der Waals surface area contributed by atoms with Gasteiger partial charge in [-0.3, -0.25) is 0 Å². The minimum atomic E-state index is 0.569. The van der Waals surface area contributed by atoms with Crippen LogP contribution in [0.5, 0.6) is 0 Å². The van der Waals surface area contributed by atoms with E-state index in [1.165, 1.54) is 22.3 Å². The fourth-order valence-electron chi connectivity index (χ4n) is 6.43. The molecule has 2 aromatic heterocycles. The first-order chi connectivity index (χ1) is 20.3. The molecule has 0 unspecified atom stereocenters. The maximum absolute atomic E-state index is 6.36. The van der Waals surface area contributed by atoms with Gasteiger partial charge >= 0.3 is 0 Å². The van der Waals surface area contributed by atoms with Crippen LogP contribution in [-0.2, 0) is 18.0 Å². The van der Waals surface area contributed by atoms with E-state index in [4.69, 9.17) is 13.6 Å². The van der Waals surface area contributed by atoms with E-state index in [2.05, 4.69) is 97.1 Å². The summed E-state index contributed by atoms with van der Waals surface area (Å²) in [5.74, 6) is 0. The maximum atomic E-state index is 6.36. The summed E-state index contributed by atoms with van der Waals surface area (Å²) in [6.07, 6.45) is 0. The van der Waals surface area contributed by atoms with Crippen molar-refractivity contribution in [3.8, 4) is 33.4 Å². The lowest BCUT2D eigenvalue weighted by molar-refractivity contribution is 0.110. The first-order valence-corrected chi connectivity index (χ1v) is 14.0. The number of ether oxygens (including phenoxy) is 1. The van der Waals surface area contributed by atoms with Crippen molar-refractivity contribution in [1.82, 2.24) is 0 Å². The molecule has 0 bridgehead atoms. The second-order valence-corrected chi connectivity index (χ2v) is 10.8. The monoisotopic (exact) mass is 528 g/mol. The minimum Gasteiger partial charge on any atom is -0.456 e. The van der Waals surface area contributed by atoms with Gasteiger partial charge in [-0.15, -0.1) is 0 Å². The van der Waals surface area contributed by atoms with E-state index < -0.39 is 0 Å². The van der Waals surface area contributed by atoms with E-state index >= 15 is 0 Å². The summed E-state index contributed by atoms with van der Waals surface area (Å²) in [5, 5.41) is 4.58. The summed E-state index contributed by atoms with van der Waals surface area (Å²) in [6.45, 7) is 1.15. The molecule has 8 aromatic rings. The highest BCUT2D eigenvalue weighted by Gasteiger charge is 2.19. The maximum Gasteiger partial charge on any atom is 0.143 e. The zero-order valence-corrected chi connectivity index (χ0v) is 22.2. The zero-order valence-electron chi connectivity index (χ0n) is 22.2. The molecule has 194 valence electrons. The highest BCUT2D eigenvalue weighted by molar-refractivity contribution is 6.10. The molecule has 0 aliphatic carbocycles. The van der Waals surface area contributed by atoms with Crippen LogP contribution in [-0.4, -0.2) is 0 Å². The molecule has 0 atom stereocenters. The molecule has 0 fully saturated rings. The lowest BCUT2D eigenvalue weighted by Gasteiger charge is -2.13. The molecule has 0 N–H and O–H groups in total. The molecule has 41 heavy (non-hydrogen) atoms. The summed E-state index contributed by atoms with van der Waals surface area (Å²) in [6, 6.07) is 42.8. The minimum absolute atomic E-state index is 0.569. The van der Waals surface area contributed by atoms with Crippen LogP contribution in [0.3, 0.4) is 0 Å². The Balaban J connectivity index is 1.16. The highest BCUT2D eigenvalue weighted by atomic mass is 16.5. The van der Waals surface area contributed by atoms with E-state index in [1.807, 2.05) is 24.3 Å². The van der Waals surface area contributed by atoms with Gasteiger partial charge < -0.3 is 13.6 Å². The van der Waals surface area contributed by atoms with Gasteiger partial charge in [0.2, 0.25) is 0 Å². The second kappa shape index (κ2) is 8.69. The molecule has 6 aromatic carbocycles. The average molecular weight is 529 g/mol. The summed E-state index contributed by atoms with van der Waals surface area (Å²) in [4.78, 5) is 0. The molecule has 0 spiro atoms. The summed E-state index contributed by atoms with van der Waals surface area (Å²) in [7, 11) is 0. The standard InChI is InChI=1S/C38H24O3/c1-3-10-35-30(6-1)32-17-15-24(20-37(32)40-35)23-14-16-28-27(18-23)22-39-21-26-13-12-25(19-34(26)28)29-8-5-9-33-31-7-2-4-11-36(31)41-38(29)33/h1-20H,21-22H2. The van der Waals surface area contributed by atoms with E-state index in [0.717, 1.165) is 66.1 Å². The lowest BCUT2D eigenvalue weighted by atomic mass is 9.90. The van der Waals surface area contributed by atoms with Crippen molar-refractivity contribution in [3.05, 3.63) is 132 Å². The number of benzene rings is 6. The van der Waals surface area contributed by atoms with Gasteiger partial charge in [0, 0.05) is 27.1 Å². The number of hydrogen-bond donors (Lipinski definition) is 0. The van der Waals surface area contributed by atoms with Crippen molar-refractivity contribution in [2.24, 2.45) is 0 Å². The number of furan rings is 2. The van der Waals surface area contributed by atoms with Crippen molar-refractivity contribution in [1.29, 1.82) is 0 Å². The van der Waals surface area contributed by atoms with E-state index in [9.17, 15) is 0 Å². The van der Waals surface area contributed by atoms with E-state index in [0.29, 0.717) is 13.2 Å². The molecule has 0 saturated heterocycles. The van der Waals surface area contributed by atoms with Crippen LogP contribution in [0, 0.1) is 0 Å².